The van der Waals surface area contributed by atoms with E-state index < -0.39 is 23.5 Å². The van der Waals surface area contributed by atoms with Gasteiger partial charge >= 0.3 is 11.9 Å². The Morgan fingerprint density at radius 2 is 2.06 bits per heavy atom. The van der Waals surface area contributed by atoms with Crippen LogP contribution in [0.15, 0.2) is 25.3 Å². The molecule has 0 radical (unpaired) electrons. The Hall–Kier alpha value is -1.58. The number of hydrogen-bond donors (Lipinski definition) is 1. The Labute approximate surface area is 94.6 Å². The number of carboxylic acids is 1. The molecular formula is C12H16O4. The number of esters is 1. The summed E-state index contributed by atoms with van der Waals surface area (Å²) >= 11 is 0. The Morgan fingerprint density at radius 3 is 2.44 bits per heavy atom. The fourth-order valence-corrected chi connectivity index (χ4v) is 2.00. The van der Waals surface area contributed by atoms with E-state index in [9.17, 15) is 9.59 Å². The third kappa shape index (κ3) is 2.32. The second-order valence-electron chi connectivity index (χ2n) is 4.04. The Morgan fingerprint density at radius 1 is 1.50 bits per heavy atom. The molecule has 0 aromatic heterocycles. The van der Waals surface area contributed by atoms with Crippen molar-refractivity contribution in [2.45, 2.75) is 31.8 Å². The van der Waals surface area contributed by atoms with Crippen LogP contribution in [0.4, 0.5) is 0 Å². The van der Waals surface area contributed by atoms with E-state index in [2.05, 4.69) is 13.2 Å². The second kappa shape index (κ2) is 4.96. The molecule has 0 unspecified atom stereocenters. The van der Waals surface area contributed by atoms with E-state index in [-0.39, 0.29) is 0 Å². The van der Waals surface area contributed by atoms with E-state index in [4.69, 9.17) is 9.84 Å². The molecule has 0 bridgehead atoms. The molecule has 1 atom stereocenters. The van der Waals surface area contributed by atoms with Gasteiger partial charge in [-0.1, -0.05) is 12.2 Å². The van der Waals surface area contributed by atoms with E-state index in [0.29, 0.717) is 25.7 Å². The molecule has 0 aromatic rings. The Bertz CT molecular complexity index is 309. The molecule has 1 heterocycles. The van der Waals surface area contributed by atoms with Crippen LogP contribution in [0.1, 0.15) is 25.7 Å². The summed E-state index contributed by atoms with van der Waals surface area (Å²) in [6.07, 6.45) is 4.14. The normalized spacial score (nSPS) is 23.2. The molecule has 4 nitrogen and oxygen atoms in total. The summed E-state index contributed by atoms with van der Waals surface area (Å²) in [7, 11) is 0. The van der Waals surface area contributed by atoms with Gasteiger partial charge < -0.3 is 9.84 Å². The molecule has 0 saturated carbocycles. The minimum atomic E-state index is -1.08. The second-order valence-corrected chi connectivity index (χ2v) is 4.04. The topological polar surface area (TPSA) is 63.6 Å². The zero-order valence-corrected chi connectivity index (χ0v) is 9.15. The summed E-state index contributed by atoms with van der Waals surface area (Å²) in [6.45, 7) is 7.22. The molecule has 1 N–H and O–H groups in total. The first-order chi connectivity index (χ1) is 7.55. The molecule has 0 amide bonds. The van der Waals surface area contributed by atoms with Gasteiger partial charge in [0.2, 0.25) is 0 Å². The lowest BCUT2D eigenvalue weighted by molar-refractivity contribution is -0.180. The van der Waals surface area contributed by atoms with Crippen LogP contribution in [0.5, 0.6) is 0 Å². The highest BCUT2D eigenvalue weighted by atomic mass is 16.6. The predicted molar refractivity (Wildman–Crippen MR) is 58.8 cm³/mol. The maximum atomic E-state index is 11.8. The van der Waals surface area contributed by atoms with Crippen molar-refractivity contribution in [1.82, 2.24) is 0 Å². The maximum absolute atomic E-state index is 11.8. The smallest absolute Gasteiger partial charge is 0.345 e. The molecular weight excluding hydrogens is 208 g/mol. The summed E-state index contributed by atoms with van der Waals surface area (Å²) in [5, 5.41) is 8.77. The first kappa shape index (κ1) is 12.5. The van der Waals surface area contributed by atoms with Gasteiger partial charge in [0.15, 0.2) is 6.10 Å². The van der Waals surface area contributed by atoms with Gasteiger partial charge in [-0.15, -0.1) is 13.2 Å². The van der Waals surface area contributed by atoms with Crippen LogP contribution in [0.2, 0.25) is 0 Å². The van der Waals surface area contributed by atoms with Gasteiger partial charge in [0, 0.05) is 0 Å². The fourth-order valence-electron chi connectivity index (χ4n) is 2.00. The summed E-state index contributed by atoms with van der Waals surface area (Å²) < 4.78 is 4.93. The summed E-state index contributed by atoms with van der Waals surface area (Å²) in [6, 6.07) is 0. The van der Waals surface area contributed by atoms with Crippen LogP contribution in [0, 0.1) is 5.41 Å². The van der Waals surface area contributed by atoms with Crippen molar-refractivity contribution in [3.05, 3.63) is 25.3 Å². The third-order valence-electron chi connectivity index (χ3n) is 2.91. The van der Waals surface area contributed by atoms with Crippen molar-refractivity contribution in [1.29, 1.82) is 0 Å². The van der Waals surface area contributed by atoms with Crippen LogP contribution >= 0.6 is 0 Å². The highest BCUT2D eigenvalue weighted by Crippen LogP contribution is 2.39. The number of aliphatic carboxylic acids is 1. The number of allylic oxidation sites excluding steroid dienone is 2. The van der Waals surface area contributed by atoms with E-state index in [1.54, 1.807) is 12.2 Å². The molecule has 0 aromatic carbocycles. The fraction of sp³-hybridized carbons (Fsp3) is 0.500. The third-order valence-corrected chi connectivity index (χ3v) is 2.91. The van der Waals surface area contributed by atoms with Gasteiger partial charge in [0.1, 0.15) is 0 Å². The number of carboxylic acid groups (broad SMARTS) is 1. The SMILES string of the molecule is C=CCC1(CC=C)CC[C@@H](C(=O)O)OC1=O. The number of hydrogen-bond acceptors (Lipinski definition) is 3. The quantitative estimate of drug-likeness (QED) is 0.572. The van der Waals surface area contributed by atoms with Gasteiger partial charge in [-0.05, 0) is 25.7 Å². The van der Waals surface area contributed by atoms with Gasteiger partial charge in [-0.2, -0.15) is 0 Å². The molecule has 16 heavy (non-hydrogen) atoms. The number of carbonyl (C=O) groups excluding carboxylic acids is 1. The molecule has 1 rings (SSSR count). The number of rotatable bonds is 5. The van der Waals surface area contributed by atoms with Gasteiger partial charge in [0.25, 0.3) is 0 Å². The molecule has 0 spiro atoms. The van der Waals surface area contributed by atoms with Crippen LogP contribution in [-0.4, -0.2) is 23.1 Å². The van der Waals surface area contributed by atoms with Crippen molar-refractivity contribution >= 4 is 11.9 Å². The van der Waals surface area contributed by atoms with Crippen molar-refractivity contribution < 1.29 is 19.4 Å². The highest BCUT2D eigenvalue weighted by Gasteiger charge is 2.44. The summed E-state index contributed by atoms with van der Waals surface area (Å²) in [5.41, 5.74) is -0.657. The predicted octanol–water partition coefficient (Wildman–Crippen LogP) is 1.92. The average molecular weight is 224 g/mol. The number of carbonyl (C=O) groups is 2. The number of cyclic esters (lactones) is 1. The molecule has 1 saturated heterocycles. The lowest BCUT2D eigenvalue weighted by atomic mass is 9.75. The number of ether oxygens (including phenoxy) is 1. The first-order valence-electron chi connectivity index (χ1n) is 5.21. The maximum Gasteiger partial charge on any atom is 0.345 e. The molecule has 0 aliphatic carbocycles. The Balaban J connectivity index is 2.82. The molecule has 1 fully saturated rings. The van der Waals surface area contributed by atoms with Crippen LogP contribution < -0.4 is 0 Å². The van der Waals surface area contributed by atoms with Gasteiger partial charge in [0.05, 0.1) is 5.41 Å². The minimum Gasteiger partial charge on any atom is -0.479 e. The van der Waals surface area contributed by atoms with Crippen molar-refractivity contribution in [2.24, 2.45) is 5.41 Å². The standard InChI is InChI=1S/C12H16O4/c1-3-6-12(7-4-2)8-5-9(10(13)14)16-11(12)15/h3-4,9H,1-2,5-8H2,(H,13,14)/t9-/m0/s1. The molecule has 4 heteroatoms. The van der Waals surface area contributed by atoms with Crippen molar-refractivity contribution in [3.63, 3.8) is 0 Å². The lowest BCUT2D eigenvalue weighted by Gasteiger charge is -2.35. The van der Waals surface area contributed by atoms with Crippen LogP contribution in [-0.2, 0) is 14.3 Å². The Kier molecular flexibility index (Phi) is 3.88. The van der Waals surface area contributed by atoms with Crippen molar-refractivity contribution in [3.8, 4) is 0 Å². The zero-order chi connectivity index (χ0) is 12.2. The molecule has 88 valence electrons. The summed E-state index contributed by atoms with van der Waals surface area (Å²) in [5.74, 6) is -1.54. The largest absolute Gasteiger partial charge is 0.479 e. The highest BCUT2D eigenvalue weighted by molar-refractivity contribution is 5.83. The van der Waals surface area contributed by atoms with E-state index >= 15 is 0 Å². The van der Waals surface area contributed by atoms with Gasteiger partial charge in [-0.25, -0.2) is 4.79 Å². The zero-order valence-electron chi connectivity index (χ0n) is 9.15. The lowest BCUT2D eigenvalue weighted by Crippen LogP contribution is -2.43. The minimum absolute atomic E-state index is 0.350. The first-order valence-corrected chi connectivity index (χ1v) is 5.21. The van der Waals surface area contributed by atoms with E-state index in [1.165, 1.54) is 0 Å². The summed E-state index contributed by atoms with van der Waals surface area (Å²) in [4.78, 5) is 22.5. The van der Waals surface area contributed by atoms with Crippen LogP contribution in [0.25, 0.3) is 0 Å². The van der Waals surface area contributed by atoms with E-state index in [0.717, 1.165) is 0 Å². The molecule has 1 aliphatic heterocycles. The van der Waals surface area contributed by atoms with E-state index in [1.807, 2.05) is 0 Å². The average Bonchev–Trinajstić information content (AvgIpc) is 2.22. The monoisotopic (exact) mass is 224 g/mol. The van der Waals surface area contributed by atoms with Crippen molar-refractivity contribution in [2.75, 3.05) is 0 Å². The molecule has 1 aliphatic rings. The van der Waals surface area contributed by atoms with Gasteiger partial charge in [-0.3, -0.25) is 4.79 Å². The van der Waals surface area contributed by atoms with Crippen LogP contribution in [0.3, 0.4) is 0 Å².